The lowest BCUT2D eigenvalue weighted by atomic mass is 9.97. The Balaban J connectivity index is 1.37. The van der Waals surface area contributed by atoms with Crippen molar-refractivity contribution in [2.75, 3.05) is 18.4 Å². The van der Waals surface area contributed by atoms with Crippen molar-refractivity contribution in [2.45, 2.75) is 19.4 Å². The molecular weight excluding hydrogens is 447 g/mol. The van der Waals surface area contributed by atoms with Crippen molar-refractivity contribution in [3.05, 3.63) is 63.4 Å². The molecule has 0 aliphatic carbocycles. The molecule has 2 aromatic carbocycles. The van der Waals surface area contributed by atoms with Crippen LogP contribution in [0.3, 0.4) is 0 Å². The Morgan fingerprint density at radius 1 is 1.10 bits per heavy atom. The minimum atomic E-state index is -0.143. The average Bonchev–Trinajstić information content (AvgIpc) is 3.16. The molecule has 0 radical (unpaired) electrons. The lowest BCUT2D eigenvalue weighted by Crippen LogP contribution is -2.40. The van der Waals surface area contributed by atoms with Crippen LogP contribution in [0.2, 0.25) is 15.1 Å². The molecule has 0 spiro atoms. The molecule has 1 aliphatic rings. The Kier molecular flexibility index (Phi) is 6.58. The molecule has 1 N–H and O–H groups in total. The van der Waals surface area contributed by atoms with E-state index in [0.29, 0.717) is 45.6 Å². The third kappa shape index (κ3) is 5.32. The molecule has 4 rings (SSSR count). The number of carbonyl (C=O) groups excluding carboxylic acids is 1. The second kappa shape index (κ2) is 9.35. The summed E-state index contributed by atoms with van der Waals surface area (Å²) in [5.74, 6) is 0.842. The van der Waals surface area contributed by atoms with Gasteiger partial charge in [-0.05, 0) is 61.9 Å². The summed E-state index contributed by atoms with van der Waals surface area (Å²) in [6.07, 6.45) is 1.73. The molecular formula is C21H19Cl3N4O2. The summed E-state index contributed by atoms with van der Waals surface area (Å²) in [5.41, 5.74) is 1.43. The lowest BCUT2D eigenvalue weighted by molar-refractivity contribution is -0.121. The highest BCUT2D eigenvalue weighted by molar-refractivity contribution is 6.35. The van der Waals surface area contributed by atoms with Crippen LogP contribution in [0.5, 0.6) is 0 Å². The van der Waals surface area contributed by atoms with Crippen LogP contribution in [0.15, 0.2) is 47.0 Å². The zero-order valence-corrected chi connectivity index (χ0v) is 18.2. The Morgan fingerprint density at radius 3 is 2.57 bits per heavy atom. The van der Waals surface area contributed by atoms with E-state index in [1.807, 2.05) is 12.1 Å². The predicted molar refractivity (Wildman–Crippen MR) is 118 cm³/mol. The van der Waals surface area contributed by atoms with Crippen molar-refractivity contribution in [1.29, 1.82) is 0 Å². The number of carbonyl (C=O) groups is 1. The molecule has 1 fully saturated rings. The van der Waals surface area contributed by atoms with E-state index in [4.69, 9.17) is 39.3 Å². The van der Waals surface area contributed by atoms with E-state index >= 15 is 0 Å². The first-order chi connectivity index (χ1) is 14.5. The quantitative estimate of drug-likeness (QED) is 0.535. The molecule has 1 unspecified atom stereocenters. The third-order valence-corrected chi connectivity index (χ3v) is 5.62. The van der Waals surface area contributed by atoms with Gasteiger partial charge < -0.3 is 9.84 Å². The van der Waals surface area contributed by atoms with Crippen LogP contribution in [0, 0.1) is 5.92 Å². The van der Waals surface area contributed by atoms with Gasteiger partial charge in [0.1, 0.15) is 0 Å². The Morgan fingerprint density at radius 2 is 1.83 bits per heavy atom. The molecule has 30 heavy (non-hydrogen) atoms. The first kappa shape index (κ1) is 21.1. The van der Waals surface area contributed by atoms with Gasteiger partial charge in [0.2, 0.25) is 17.6 Å². The summed E-state index contributed by atoms with van der Waals surface area (Å²) in [7, 11) is 0. The number of hydrogen-bond acceptors (Lipinski definition) is 5. The smallest absolute Gasteiger partial charge is 0.241 e. The van der Waals surface area contributed by atoms with E-state index in [9.17, 15) is 4.79 Å². The van der Waals surface area contributed by atoms with E-state index in [2.05, 4.69) is 20.4 Å². The summed E-state index contributed by atoms with van der Waals surface area (Å²) in [6, 6.07) is 12.3. The average molecular weight is 466 g/mol. The van der Waals surface area contributed by atoms with E-state index in [1.54, 1.807) is 30.3 Å². The van der Waals surface area contributed by atoms with Gasteiger partial charge in [0.15, 0.2) is 0 Å². The summed E-state index contributed by atoms with van der Waals surface area (Å²) in [4.78, 5) is 19.3. The van der Waals surface area contributed by atoms with E-state index < -0.39 is 0 Å². The SMILES string of the molecule is O=C(Nc1cc(Cl)cc(Cl)c1)C1CCCN(Cc2nc(-c3ccc(Cl)cc3)no2)C1. The Hall–Kier alpha value is -2.12. The molecule has 0 bridgehead atoms. The van der Waals surface area contributed by atoms with Gasteiger partial charge in [-0.1, -0.05) is 40.0 Å². The molecule has 1 atom stereocenters. The van der Waals surface area contributed by atoms with Gasteiger partial charge in [-0.25, -0.2) is 0 Å². The van der Waals surface area contributed by atoms with Crippen LogP contribution in [-0.4, -0.2) is 34.0 Å². The van der Waals surface area contributed by atoms with Crippen molar-refractivity contribution in [3.8, 4) is 11.4 Å². The fourth-order valence-corrected chi connectivity index (χ4v) is 4.16. The minimum Gasteiger partial charge on any atom is -0.338 e. The van der Waals surface area contributed by atoms with Crippen LogP contribution >= 0.6 is 34.8 Å². The highest BCUT2D eigenvalue weighted by Gasteiger charge is 2.27. The van der Waals surface area contributed by atoms with E-state index in [0.717, 1.165) is 24.9 Å². The van der Waals surface area contributed by atoms with Gasteiger partial charge >= 0.3 is 0 Å². The van der Waals surface area contributed by atoms with Crippen LogP contribution in [0.25, 0.3) is 11.4 Å². The molecule has 2 heterocycles. The van der Waals surface area contributed by atoms with Gasteiger partial charge in [0.25, 0.3) is 0 Å². The fourth-order valence-electron chi connectivity index (χ4n) is 3.51. The lowest BCUT2D eigenvalue weighted by Gasteiger charge is -2.30. The zero-order chi connectivity index (χ0) is 21.1. The second-order valence-corrected chi connectivity index (χ2v) is 8.55. The highest BCUT2D eigenvalue weighted by Crippen LogP contribution is 2.25. The summed E-state index contributed by atoms with van der Waals surface area (Å²) in [6.45, 7) is 1.97. The predicted octanol–water partition coefficient (Wildman–Crippen LogP) is 5.55. The molecule has 1 aromatic heterocycles. The molecule has 9 heteroatoms. The monoisotopic (exact) mass is 464 g/mol. The summed E-state index contributed by atoms with van der Waals surface area (Å²) in [5, 5.41) is 8.58. The molecule has 1 saturated heterocycles. The molecule has 6 nitrogen and oxygen atoms in total. The highest BCUT2D eigenvalue weighted by atomic mass is 35.5. The number of hydrogen-bond donors (Lipinski definition) is 1. The summed E-state index contributed by atoms with van der Waals surface area (Å²) < 4.78 is 5.40. The number of aromatic nitrogens is 2. The van der Waals surface area contributed by atoms with Gasteiger partial charge in [-0.3, -0.25) is 9.69 Å². The van der Waals surface area contributed by atoms with Gasteiger partial charge in [0.05, 0.1) is 12.5 Å². The number of nitrogens with zero attached hydrogens (tertiary/aromatic N) is 3. The number of anilines is 1. The van der Waals surface area contributed by atoms with Gasteiger partial charge in [-0.2, -0.15) is 4.98 Å². The maximum Gasteiger partial charge on any atom is 0.241 e. The number of benzene rings is 2. The first-order valence-electron chi connectivity index (χ1n) is 9.54. The summed E-state index contributed by atoms with van der Waals surface area (Å²) >= 11 is 17.9. The number of halogens is 3. The number of piperidine rings is 1. The maximum atomic E-state index is 12.7. The molecule has 3 aromatic rings. The fraction of sp³-hybridized carbons (Fsp3) is 0.286. The van der Waals surface area contributed by atoms with Gasteiger partial charge in [-0.15, -0.1) is 0 Å². The second-order valence-electron chi connectivity index (χ2n) is 7.24. The molecule has 1 amide bonds. The Labute approximate surface area is 189 Å². The number of rotatable bonds is 5. The van der Waals surface area contributed by atoms with Crippen molar-refractivity contribution < 1.29 is 9.32 Å². The van der Waals surface area contributed by atoms with Crippen LogP contribution in [0.1, 0.15) is 18.7 Å². The van der Waals surface area contributed by atoms with Crippen LogP contribution in [0.4, 0.5) is 5.69 Å². The van der Waals surface area contributed by atoms with Gasteiger partial charge in [0, 0.05) is 32.9 Å². The number of likely N-dealkylation sites (tertiary alicyclic amines) is 1. The van der Waals surface area contributed by atoms with E-state index in [1.165, 1.54) is 0 Å². The minimum absolute atomic E-state index is 0.0505. The molecule has 0 saturated carbocycles. The first-order valence-corrected chi connectivity index (χ1v) is 10.7. The van der Waals surface area contributed by atoms with Crippen molar-refractivity contribution in [2.24, 2.45) is 5.92 Å². The normalized spacial score (nSPS) is 17.1. The zero-order valence-electron chi connectivity index (χ0n) is 15.9. The topological polar surface area (TPSA) is 71.3 Å². The number of nitrogens with one attached hydrogen (secondary N) is 1. The third-order valence-electron chi connectivity index (χ3n) is 4.94. The van der Waals surface area contributed by atoms with E-state index in [-0.39, 0.29) is 11.8 Å². The standard InChI is InChI=1S/C21H19Cl3N4O2/c22-15-5-3-13(4-6-15)20-26-19(30-27-20)12-28-7-1-2-14(11-28)21(29)25-18-9-16(23)8-17(24)10-18/h3-6,8-10,14H,1-2,7,11-12H2,(H,25,29). The molecule has 156 valence electrons. The van der Waals surface area contributed by atoms with Crippen molar-refractivity contribution >= 4 is 46.4 Å². The maximum absolute atomic E-state index is 12.7. The Bertz CT molecular complexity index is 1020. The number of amides is 1. The van der Waals surface area contributed by atoms with Crippen molar-refractivity contribution in [3.63, 3.8) is 0 Å². The largest absolute Gasteiger partial charge is 0.338 e. The van der Waals surface area contributed by atoms with Crippen LogP contribution < -0.4 is 5.32 Å². The van der Waals surface area contributed by atoms with Crippen LogP contribution in [-0.2, 0) is 11.3 Å². The van der Waals surface area contributed by atoms with Crippen molar-refractivity contribution in [1.82, 2.24) is 15.0 Å². The molecule has 1 aliphatic heterocycles.